The number of nitriles is 1. The van der Waals surface area contributed by atoms with E-state index in [1.807, 2.05) is 31.2 Å². The van der Waals surface area contributed by atoms with E-state index in [9.17, 15) is 0 Å². The average molecular weight is 282 g/mol. The quantitative estimate of drug-likeness (QED) is 0.484. The molecular weight excluding hydrogens is 271 g/mol. The van der Waals surface area contributed by atoms with E-state index in [1.165, 1.54) is 0 Å². The summed E-state index contributed by atoms with van der Waals surface area (Å²) in [7, 11) is 0. The number of rotatable bonds is 3. The van der Waals surface area contributed by atoms with E-state index in [2.05, 4.69) is 5.16 Å². The van der Waals surface area contributed by atoms with Gasteiger partial charge in [-0.1, -0.05) is 35.5 Å². The molecule has 0 aromatic heterocycles. The second-order valence-corrected chi connectivity index (χ2v) is 6.53. The molecule has 1 fully saturated rings. The van der Waals surface area contributed by atoms with Crippen LogP contribution in [0.1, 0.15) is 12.5 Å². The third-order valence-corrected chi connectivity index (χ3v) is 4.30. The maximum absolute atomic E-state index is 9.03. The summed E-state index contributed by atoms with van der Waals surface area (Å²) in [5.74, 6) is 0. The highest BCUT2D eigenvalue weighted by molar-refractivity contribution is 8.07. The van der Waals surface area contributed by atoms with Crippen LogP contribution in [0.25, 0.3) is 0 Å². The predicted molar refractivity (Wildman–Crippen MR) is 70.5 cm³/mol. The van der Waals surface area contributed by atoms with Crippen LogP contribution in [-0.2, 0) is 25.5 Å². The first-order valence-electron chi connectivity index (χ1n) is 5.28. The lowest BCUT2D eigenvalue weighted by Gasteiger charge is -2.10. The fourth-order valence-corrected chi connectivity index (χ4v) is 3.29. The summed E-state index contributed by atoms with van der Waals surface area (Å²) in [6.07, 6.45) is -0.103. The lowest BCUT2D eigenvalue weighted by molar-refractivity contribution is 0.230. The van der Waals surface area contributed by atoms with Gasteiger partial charge in [-0.2, -0.15) is 5.26 Å². The molecule has 2 unspecified atom stereocenters. The Bertz CT molecular complexity index is 541. The van der Waals surface area contributed by atoms with Crippen molar-refractivity contribution in [3.8, 4) is 6.07 Å². The molecule has 0 amide bonds. The van der Waals surface area contributed by atoms with Crippen LogP contribution in [-0.4, -0.2) is 18.4 Å². The maximum atomic E-state index is 9.03. The molecule has 1 aliphatic rings. The minimum absolute atomic E-state index is 0.103. The molecule has 1 aliphatic heterocycles. The van der Waals surface area contributed by atoms with Crippen LogP contribution in [0.15, 0.2) is 35.5 Å². The van der Waals surface area contributed by atoms with Gasteiger partial charge >= 0.3 is 6.72 Å². The zero-order valence-corrected chi connectivity index (χ0v) is 11.4. The van der Waals surface area contributed by atoms with Gasteiger partial charge in [-0.15, -0.1) is 0 Å². The minimum Gasteiger partial charge on any atom is -0.312 e. The first kappa shape index (κ1) is 13.2. The Morgan fingerprint density at radius 2 is 2.28 bits per heavy atom. The standard InChI is InChI=1S/C11H11N2O3PS/c1-9-8-14-17(18,15-9)16-13-11(7-12)10-5-3-2-4-6-10/h2-6,9H,8H2,1H3/b13-11+. The second-order valence-electron chi connectivity index (χ2n) is 3.66. The molecule has 0 saturated carbocycles. The monoisotopic (exact) mass is 282 g/mol. The molecule has 0 radical (unpaired) electrons. The summed E-state index contributed by atoms with van der Waals surface area (Å²) in [6.45, 7) is -0.593. The Hall–Kier alpha value is -1.25. The molecule has 1 heterocycles. The van der Waals surface area contributed by atoms with Crippen molar-refractivity contribution in [3.05, 3.63) is 35.9 Å². The minimum atomic E-state index is -2.82. The van der Waals surface area contributed by atoms with Crippen molar-refractivity contribution in [2.45, 2.75) is 13.0 Å². The highest BCUT2D eigenvalue weighted by Gasteiger charge is 2.33. The highest BCUT2D eigenvalue weighted by atomic mass is 32.5. The van der Waals surface area contributed by atoms with Crippen molar-refractivity contribution in [2.75, 3.05) is 6.61 Å². The van der Waals surface area contributed by atoms with E-state index in [4.69, 9.17) is 30.7 Å². The summed E-state index contributed by atoms with van der Waals surface area (Å²) in [4.78, 5) is 0. The number of nitrogens with zero attached hydrogens (tertiary/aromatic N) is 2. The SMILES string of the molecule is CC1COP(=S)(O/N=C(\C#N)c2ccccc2)O1. The molecular formula is C11H11N2O3PS. The lowest BCUT2D eigenvalue weighted by atomic mass is 10.1. The molecule has 1 aromatic carbocycles. The molecule has 0 N–H and O–H groups in total. The van der Waals surface area contributed by atoms with Gasteiger partial charge in [0.05, 0.1) is 12.7 Å². The Kier molecular flexibility index (Phi) is 4.10. The number of oxime groups is 1. The van der Waals surface area contributed by atoms with Crippen LogP contribution < -0.4 is 0 Å². The summed E-state index contributed by atoms with van der Waals surface area (Å²) >= 11 is 5.09. The first-order chi connectivity index (χ1) is 8.63. The molecule has 7 heteroatoms. The zero-order valence-electron chi connectivity index (χ0n) is 9.65. The summed E-state index contributed by atoms with van der Waals surface area (Å²) < 4.78 is 15.7. The maximum Gasteiger partial charge on any atom is 0.402 e. The highest BCUT2D eigenvalue weighted by Crippen LogP contribution is 2.55. The predicted octanol–water partition coefficient (Wildman–Crippen LogP) is 2.59. The van der Waals surface area contributed by atoms with Gasteiger partial charge in [0.15, 0.2) is 5.71 Å². The number of hydrogen-bond acceptors (Lipinski definition) is 6. The van der Waals surface area contributed by atoms with Gasteiger partial charge in [0.25, 0.3) is 0 Å². The molecule has 18 heavy (non-hydrogen) atoms. The fraction of sp³-hybridized carbons (Fsp3) is 0.273. The Morgan fingerprint density at radius 1 is 1.56 bits per heavy atom. The van der Waals surface area contributed by atoms with Gasteiger partial charge in [-0.25, -0.2) is 0 Å². The molecule has 5 nitrogen and oxygen atoms in total. The number of benzene rings is 1. The largest absolute Gasteiger partial charge is 0.402 e. The third-order valence-electron chi connectivity index (χ3n) is 2.16. The van der Waals surface area contributed by atoms with Crippen molar-refractivity contribution >= 4 is 24.2 Å². The molecule has 0 aliphatic carbocycles. The van der Waals surface area contributed by atoms with Crippen molar-refractivity contribution < 1.29 is 13.7 Å². The fourth-order valence-electron chi connectivity index (χ4n) is 1.34. The second kappa shape index (κ2) is 5.59. The van der Waals surface area contributed by atoms with Crippen LogP contribution in [0.4, 0.5) is 0 Å². The summed E-state index contributed by atoms with van der Waals surface area (Å²) in [6, 6.07) is 11.0. The molecule has 2 rings (SSSR count). The smallest absolute Gasteiger partial charge is 0.312 e. The van der Waals surface area contributed by atoms with Gasteiger partial charge in [0, 0.05) is 17.4 Å². The van der Waals surface area contributed by atoms with Crippen LogP contribution in [0.2, 0.25) is 0 Å². The summed E-state index contributed by atoms with van der Waals surface area (Å²) in [5.41, 5.74) is 0.806. The van der Waals surface area contributed by atoms with Crippen LogP contribution in [0.3, 0.4) is 0 Å². The molecule has 1 aromatic rings. The van der Waals surface area contributed by atoms with Gasteiger partial charge in [-0.3, -0.25) is 9.05 Å². The number of hydrogen-bond donors (Lipinski definition) is 0. The van der Waals surface area contributed by atoms with E-state index in [-0.39, 0.29) is 11.8 Å². The van der Waals surface area contributed by atoms with Crippen molar-refractivity contribution in [1.82, 2.24) is 0 Å². The van der Waals surface area contributed by atoms with E-state index in [0.717, 1.165) is 0 Å². The zero-order chi connectivity index (χ0) is 13.0. The van der Waals surface area contributed by atoms with E-state index in [1.54, 1.807) is 12.1 Å². The van der Waals surface area contributed by atoms with Crippen LogP contribution in [0, 0.1) is 11.3 Å². The topological polar surface area (TPSA) is 63.8 Å². The van der Waals surface area contributed by atoms with Gasteiger partial charge in [0.1, 0.15) is 6.07 Å². The van der Waals surface area contributed by atoms with Crippen LogP contribution >= 0.6 is 6.72 Å². The van der Waals surface area contributed by atoms with Crippen molar-refractivity contribution in [2.24, 2.45) is 5.16 Å². The average Bonchev–Trinajstić information content (AvgIpc) is 2.72. The third kappa shape index (κ3) is 3.15. The normalized spacial score (nSPS) is 27.8. The lowest BCUT2D eigenvalue weighted by Crippen LogP contribution is -2.00. The molecule has 0 bridgehead atoms. The van der Waals surface area contributed by atoms with E-state index >= 15 is 0 Å². The summed E-state index contributed by atoms with van der Waals surface area (Å²) in [5, 5.41) is 12.8. The van der Waals surface area contributed by atoms with E-state index in [0.29, 0.717) is 12.2 Å². The van der Waals surface area contributed by atoms with Crippen molar-refractivity contribution in [1.29, 1.82) is 5.26 Å². The van der Waals surface area contributed by atoms with Crippen molar-refractivity contribution in [3.63, 3.8) is 0 Å². The van der Waals surface area contributed by atoms with Crippen LogP contribution in [0.5, 0.6) is 0 Å². The molecule has 0 spiro atoms. The Balaban J connectivity index is 2.13. The molecule has 1 saturated heterocycles. The molecule has 2 atom stereocenters. The Morgan fingerprint density at radius 3 is 2.83 bits per heavy atom. The van der Waals surface area contributed by atoms with Gasteiger partial charge in [0.2, 0.25) is 0 Å². The van der Waals surface area contributed by atoms with E-state index < -0.39 is 6.72 Å². The van der Waals surface area contributed by atoms with Gasteiger partial charge in [-0.05, 0) is 6.92 Å². The first-order valence-corrected chi connectivity index (χ1v) is 7.84. The van der Waals surface area contributed by atoms with Gasteiger partial charge < -0.3 is 4.62 Å². The Labute approximate surface area is 110 Å². The molecule has 94 valence electrons.